The van der Waals surface area contributed by atoms with Gasteiger partial charge in [0.25, 0.3) is 0 Å². The molecule has 2 aliphatic rings. The molecular weight excluding hydrogens is 216 g/mol. The first-order chi connectivity index (χ1) is 7.61. The van der Waals surface area contributed by atoms with Crippen LogP contribution in [0.15, 0.2) is 0 Å². The van der Waals surface area contributed by atoms with Crippen molar-refractivity contribution in [1.82, 2.24) is 10.2 Å². The smallest absolute Gasteiger partial charge is 0.326 e. The summed E-state index contributed by atoms with van der Waals surface area (Å²) >= 11 is 0. The first-order valence-electron chi connectivity index (χ1n) is 5.11. The van der Waals surface area contributed by atoms with Crippen LogP contribution in [-0.4, -0.2) is 54.2 Å². The number of imide groups is 1. The molecule has 16 heavy (non-hydrogen) atoms. The number of ether oxygens (including phenoxy) is 2. The Hall–Kier alpha value is -1.18. The van der Waals surface area contributed by atoms with Crippen molar-refractivity contribution in [3.8, 4) is 0 Å². The number of hydrogen-bond acceptors (Lipinski definition) is 5. The van der Waals surface area contributed by atoms with Gasteiger partial charge in [0.1, 0.15) is 0 Å². The molecule has 1 unspecified atom stereocenters. The molecule has 7 nitrogen and oxygen atoms in total. The van der Waals surface area contributed by atoms with E-state index in [0.29, 0.717) is 6.54 Å². The zero-order valence-corrected chi connectivity index (χ0v) is 8.88. The summed E-state index contributed by atoms with van der Waals surface area (Å²) in [5.74, 6) is -0.548. The van der Waals surface area contributed by atoms with Crippen LogP contribution in [0, 0.1) is 5.92 Å². The van der Waals surface area contributed by atoms with E-state index in [1.54, 1.807) is 6.92 Å². The number of aliphatic hydroxyl groups is 1. The number of carbonyl (C=O) groups is 2. The number of rotatable bonds is 2. The first-order valence-corrected chi connectivity index (χ1v) is 5.11. The highest BCUT2D eigenvalue weighted by Gasteiger charge is 2.38. The van der Waals surface area contributed by atoms with E-state index < -0.39 is 18.5 Å². The second-order valence-corrected chi connectivity index (χ2v) is 3.88. The summed E-state index contributed by atoms with van der Waals surface area (Å²) in [5.41, 5.74) is 0. The van der Waals surface area contributed by atoms with Gasteiger partial charge in [0.15, 0.2) is 12.5 Å². The predicted octanol–water partition coefficient (Wildman–Crippen LogP) is -1.13. The third kappa shape index (κ3) is 2.01. The van der Waals surface area contributed by atoms with E-state index >= 15 is 0 Å². The van der Waals surface area contributed by atoms with Crippen LogP contribution < -0.4 is 5.32 Å². The summed E-state index contributed by atoms with van der Waals surface area (Å²) in [6.07, 6.45) is -1.22. The van der Waals surface area contributed by atoms with Gasteiger partial charge in [-0.2, -0.15) is 0 Å². The summed E-state index contributed by atoms with van der Waals surface area (Å²) in [4.78, 5) is 24.1. The van der Waals surface area contributed by atoms with Crippen molar-refractivity contribution in [1.29, 1.82) is 0 Å². The number of aliphatic hydroxyl groups excluding tert-OH is 1. The molecule has 3 amide bonds. The van der Waals surface area contributed by atoms with Crippen LogP contribution in [0.25, 0.3) is 0 Å². The van der Waals surface area contributed by atoms with Gasteiger partial charge >= 0.3 is 6.03 Å². The van der Waals surface area contributed by atoms with Gasteiger partial charge in [-0.05, 0) is 0 Å². The summed E-state index contributed by atoms with van der Waals surface area (Å²) in [6, 6.07) is -0.477. The molecule has 2 heterocycles. The van der Waals surface area contributed by atoms with Crippen LogP contribution >= 0.6 is 0 Å². The summed E-state index contributed by atoms with van der Waals surface area (Å²) in [7, 11) is 0. The van der Waals surface area contributed by atoms with Crippen molar-refractivity contribution in [2.75, 3.05) is 19.8 Å². The molecule has 2 fully saturated rings. The van der Waals surface area contributed by atoms with Gasteiger partial charge in [-0.15, -0.1) is 0 Å². The minimum atomic E-state index is -0.689. The molecule has 2 saturated heterocycles. The van der Waals surface area contributed by atoms with Crippen LogP contribution in [0.5, 0.6) is 0 Å². The lowest BCUT2D eigenvalue weighted by atomic mass is 10.1. The van der Waals surface area contributed by atoms with Gasteiger partial charge in [0, 0.05) is 6.54 Å². The zero-order valence-electron chi connectivity index (χ0n) is 8.88. The molecule has 0 saturated carbocycles. The Bertz CT molecular complexity index is 308. The lowest BCUT2D eigenvalue weighted by Crippen LogP contribution is -2.57. The standard InChI is InChI=1S/C9H14N2O5/c1-5-2-11(9(14)10-8(5)13)6-4-15-7(3-12)16-6/h5-7,12H,2-4H2,1H3,(H,10,13,14)/t5?,6-,7-/m1/s1. The van der Waals surface area contributed by atoms with Crippen LogP contribution in [0.1, 0.15) is 6.92 Å². The first kappa shape index (κ1) is 11.3. The third-order valence-electron chi connectivity index (χ3n) is 2.64. The molecule has 2 aliphatic heterocycles. The van der Waals surface area contributed by atoms with Gasteiger partial charge in [-0.3, -0.25) is 15.0 Å². The van der Waals surface area contributed by atoms with Gasteiger partial charge in [0.05, 0.1) is 19.1 Å². The molecule has 2 rings (SSSR count). The number of hydrogen-bond donors (Lipinski definition) is 2. The summed E-state index contributed by atoms with van der Waals surface area (Å²) < 4.78 is 10.4. The Kier molecular flexibility index (Phi) is 3.08. The molecule has 90 valence electrons. The van der Waals surface area contributed by atoms with Crippen LogP contribution in [0.4, 0.5) is 4.79 Å². The second-order valence-electron chi connectivity index (χ2n) is 3.88. The van der Waals surface area contributed by atoms with E-state index in [9.17, 15) is 9.59 Å². The Morgan fingerprint density at radius 3 is 2.94 bits per heavy atom. The highest BCUT2D eigenvalue weighted by atomic mass is 16.7. The molecular formula is C9H14N2O5. The molecule has 0 aromatic carbocycles. The van der Waals surface area contributed by atoms with Gasteiger partial charge < -0.3 is 14.6 Å². The summed E-state index contributed by atoms with van der Waals surface area (Å²) in [6.45, 7) is 1.99. The quantitative estimate of drug-likeness (QED) is 0.626. The number of amides is 3. The zero-order chi connectivity index (χ0) is 11.7. The molecule has 0 radical (unpaired) electrons. The summed E-state index contributed by atoms with van der Waals surface area (Å²) in [5, 5.41) is 11.1. The maximum atomic E-state index is 11.5. The highest BCUT2D eigenvalue weighted by molar-refractivity contribution is 5.97. The lowest BCUT2D eigenvalue weighted by molar-refractivity contribution is -0.130. The number of nitrogens with zero attached hydrogens (tertiary/aromatic N) is 1. The third-order valence-corrected chi connectivity index (χ3v) is 2.64. The molecule has 0 aromatic heterocycles. The molecule has 3 atom stereocenters. The van der Waals surface area contributed by atoms with E-state index in [2.05, 4.69) is 5.32 Å². The van der Waals surface area contributed by atoms with Crippen molar-refractivity contribution in [3.63, 3.8) is 0 Å². The maximum Gasteiger partial charge on any atom is 0.326 e. The molecule has 0 aliphatic carbocycles. The number of carbonyl (C=O) groups excluding carboxylic acids is 2. The van der Waals surface area contributed by atoms with Crippen LogP contribution in [-0.2, 0) is 14.3 Å². The van der Waals surface area contributed by atoms with Crippen molar-refractivity contribution >= 4 is 11.9 Å². The second kappa shape index (κ2) is 4.36. The van der Waals surface area contributed by atoms with Crippen LogP contribution in [0.3, 0.4) is 0 Å². The van der Waals surface area contributed by atoms with Gasteiger partial charge in [0.2, 0.25) is 5.91 Å². The van der Waals surface area contributed by atoms with Crippen molar-refractivity contribution in [2.24, 2.45) is 5.92 Å². The van der Waals surface area contributed by atoms with Gasteiger partial charge in [-0.25, -0.2) is 4.79 Å². The molecule has 7 heteroatoms. The average Bonchev–Trinajstić information content (AvgIpc) is 2.71. The van der Waals surface area contributed by atoms with E-state index in [0.717, 1.165) is 0 Å². The maximum absolute atomic E-state index is 11.5. The van der Waals surface area contributed by atoms with Crippen molar-refractivity contribution in [3.05, 3.63) is 0 Å². The predicted molar refractivity (Wildman–Crippen MR) is 51.1 cm³/mol. The Balaban J connectivity index is 1.99. The molecule has 0 bridgehead atoms. The fourth-order valence-electron chi connectivity index (χ4n) is 1.71. The van der Waals surface area contributed by atoms with E-state index in [1.165, 1.54) is 4.90 Å². The Morgan fingerprint density at radius 1 is 1.56 bits per heavy atom. The molecule has 0 aromatic rings. The molecule has 0 spiro atoms. The van der Waals surface area contributed by atoms with Gasteiger partial charge in [-0.1, -0.05) is 6.92 Å². The van der Waals surface area contributed by atoms with E-state index in [1.807, 2.05) is 0 Å². The van der Waals surface area contributed by atoms with E-state index in [-0.39, 0.29) is 25.0 Å². The topological polar surface area (TPSA) is 88.1 Å². The average molecular weight is 230 g/mol. The number of nitrogens with one attached hydrogen (secondary N) is 1. The highest BCUT2D eigenvalue weighted by Crippen LogP contribution is 2.18. The minimum Gasteiger partial charge on any atom is -0.391 e. The Labute approximate surface area is 92.3 Å². The van der Waals surface area contributed by atoms with E-state index in [4.69, 9.17) is 14.6 Å². The normalized spacial score (nSPS) is 35.4. The lowest BCUT2D eigenvalue weighted by Gasteiger charge is -2.33. The number of urea groups is 1. The van der Waals surface area contributed by atoms with Crippen LogP contribution in [0.2, 0.25) is 0 Å². The minimum absolute atomic E-state index is 0.208. The monoisotopic (exact) mass is 230 g/mol. The van der Waals surface area contributed by atoms with Crippen molar-refractivity contribution in [2.45, 2.75) is 19.4 Å². The largest absolute Gasteiger partial charge is 0.391 e. The molecule has 2 N–H and O–H groups in total. The van der Waals surface area contributed by atoms with Crippen molar-refractivity contribution < 1.29 is 24.2 Å². The fraction of sp³-hybridized carbons (Fsp3) is 0.778. The SMILES string of the molecule is CC1CN([C@H]2CO[C@@H](CO)O2)C(=O)NC1=O. The Morgan fingerprint density at radius 2 is 2.31 bits per heavy atom. The fourth-order valence-corrected chi connectivity index (χ4v) is 1.71.